The maximum Gasteiger partial charge on any atom is 0.232 e. The zero-order valence-corrected chi connectivity index (χ0v) is 13.2. The summed E-state index contributed by atoms with van der Waals surface area (Å²) in [5, 5.41) is 4.14. The van der Waals surface area contributed by atoms with Gasteiger partial charge < -0.3 is 15.0 Å². The van der Waals surface area contributed by atoms with Crippen LogP contribution in [-0.2, 0) is 15.7 Å². The molecular weight excluding hydrogens is 266 g/mol. The van der Waals surface area contributed by atoms with Crippen molar-refractivity contribution in [2.24, 2.45) is 5.73 Å². The van der Waals surface area contributed by atoms with Crippen LogP contribution in [0.4, 0.5) is 0 Å². The summed E-state index contributed by atoms with van der Waals surface area (Å²) in [5.74, 6) is 1.32. The molecule has 118 valence electrons. The standard InChI is InChI=1S/C16H27N3O2/c1-15(9-4-3-5-10-15)14-18-13(19-21-14)16(2,17)11-20-12-7-6-8-12/h12H,3-11,17H2,1-2H3. The lowest BCUT2D eigenvalue weighted by molar-refractivity contribution is -0.0222. The molecule has 0 amide bonds. The van der Waals surface area contributed by atoms with Gasteiger partial charge in [0.15, 0.2) is 5.82 Å². The molecule has 2 N–H and O–H groups in total. The lowest BCUT2D eigenvalue weighted by Gasteiger charge is -2.30. The van der Waals surface area contributed by atoms with Crippen molar-refractivity contribution < 1.29 is 9.26 Å². The van der Waals surface area contributed by atoms with E-state index in [0.29, 0.717) is 18.5 Å². The highest BCUT2D eigenvalue weighted by atomic mass is 16.5. The zero-order chi connectivity index (χ0) is 14.9. The summed E-state index contributed by atoms with van der Waals surface area (Å²) in [6.45, 7) is 4.60. The Morgan fingerprint density at radius 2 is 2.00 bits per heavy atom. The first kappa shape index (κ1) is 15.0. The van der Waals surface area contributed by atoms with Gasteiger partial charge in [0.05, 0.1) is 12.7 Å². The highest BCUT2D eigenvalue weighted by Crippen LogP contribution is 2.38. The van der Waals surface area contributed by atoms with Gasteiger partial charge in [-0.15, -0.1) is 0 Å². The lowest BCUT2D eigenvalue weighted by atomic mass is 9.75. The molecule has 1 aromatic rings. The van der Waals surface area contributed by atoms with E-state index in [0.717, 1.165) is 31.6 Å². The molecule has 0 radical (unpaired) electrons. The molecule has 2 saturated carbocycles. The average molecular weight is 293 g/mol. The van der Waals surface area contributed by atoms with E-state index in [1.165, 1.54) is 25.7 Å². The van der Waals surface area contributed by atoms with Crippen molar-refractivity contribution in [2.75, 3.05) is 6.61 Å². The number of hydrogen-bond acceptors (Lipinski definition) is 5. The van der Waals surface area contributed by atoms with E-state index in [1.54, 1.807) is 0 Å². The molecule has 0 aliphatic heterocycles. The number of hydrogen-bond donors (Lipinski definition) is 1. The molecule has 1 unspecified atom stereocenters. The van der Waals surface area contributed by atoms with Crippen molar-refractivity contribution in [3.63, 3.8) is 0 Å². The summed E-state index contributed by atoms with van der Waals surface area (Å²) < 4.78 is 11.4. The largest absolute Gasteiger partial charge is 0.376 e. The van der Waals surface area contributed by atoms with Crippen LogP contribution in [0.3, 0.4) is 0 Å². The molecular formula is C16H27N3O2. The van der Waals surface area contributed by atoms with E-state index in [2.05, 4.69) is 17.1 Å². The van der Waals surface area contributed by atoms with Gasteiger partial charge >= 0.3 is 0 Å². The first-order valence-corrected chi connectivity index (χ1v) is 8.25. The average Bonchev–Trinajstić information content (AvgIpc) is 2.88. The highest BCUT2D eigenvalue weighted by molar-refractivity contribution is 5.09. The monoisotopic (exact) mass is 293 g/mol. The topological polar surface area (TPSA) is 74.2 Å². The van der Waals surface area contributed by atoms with E-state index in [-0.39, 0.29) is 5.41 Å². The minimum Gasteiger partial charge on any atom is -0.376 e. The number of rotatable bonds is 5. The fourth-order valence-electron chi connectivity index (χ4n) is 3.14. The van der Waals surface area contributed by atoms with Gasteiger partial charge in [-0.2, -0.15) is 4.98 Å². The Balaban J connectivity index is 1.67. The summed E-state index contributed by atoms with van der Waals surface area (Å²) in [6, 6.07) is 0. The Labute approximate surface area is 126 Å². The number of ether oxygens (including phenoxy) is 1. The molecule has 2 aliphatic rings. The van der Waals surface area contributed by atoms with Gasteiger partial charge in [0.25, 0.3) is 0 Å². The summed E-state index contributed by atoms with van der Waals surface area (Å²) >= 11 is 0. The van der Waals surface area contributed by atoms with Gasteiger partial charge in [-0.1, -0.05) is 31.3 Å². The van der Waals surface area contributed by atoms with Crippen molar-refractivity contribution in [1.29, 1.82) is 0 Å². The zero-order valence-electron chi connectivity index (χ0n) is 13.2. The summed E-state index contributed by atoms with van der Waals surface area (Å²) in [6.07, 6.45) is 9.94. The van der Waals surface area contributed by atoms with E-state index in [9.17, 15) is 0 Å². The number of aromatic nitrogens is 2. The molecule has 1 aromatic heterocycles. The van der Waals surface area contributed by atoms with Crippen molar-refractivity contribution >= 4 is 0 Å². The van der Waals surface area contributed by atoms with E-state index >= 15 is 0 Å². The van der Waals surface area contributed by atoms with Crippen LogP contribution >= 0.6 is 0 Å². The second-order valence-electron chi connectivity index (χ2n) is 7.33. The molecule has 2 fully saturated rings. The minimum atomic E-state index is -0.678. The quantitative estimate of drug-likeness (QED) is 0.903. The second kappa shape index (κ2) is 5.69. The molecule has 0 saturated heterocycles. The van der Waals surface area contributed by atoms with Crippen LogP contribution in [0, 0.1) is 0 Å². The molecule has 0 bridgehead atoms. The Morgan fingerprint density at radius 1 is 1.29 bits per heavy atom. The molecule has 21 heavy (non-hydrogen) atoms. The van der Waals surface area contributed by atoms with Crippen LogP contribution < -0.4 is 5.73 Å². The van der Waals surface area contributed by atoms with Crippen LogP contribution in [0.25, 0.3) is 0 Å². The molecule has 5 nitrogen and oxygen atoms in total. The predicted octanol–water partition coefficient (Wildman–Crippen LogP) is 3.03. The molecule has 1 atom stereocenters. The minimum absolute atomic E-state index is 0.0222. The second-order valence-corrected chi connectivity index (χ2v) is 7.33. The molecule has 0 aromatic carbocycles. The third-order valence-corrected chi connectivity index (χ3v) is 5.08. The fraction of sp³-hybridized carbons (Fsp3) is 0.875. The number of nitrogens with zero attached hydrogens (tertiary/aromatic N) is 2. The maximum atomic E-state index is 6.34. The van der Waals surface area contributed by atoms with Crippen molar-refractivity contribution in [2.45, 2.75) is 82.3 Å². The molecule has 3 rings (SSSR count). The van der Waals surface area contributed by atoms with Crippen molar-refractivity contribution in [1.82, 2.24) is 10.1 Å². The van der Waals surface area contributed by atoms with E-state index in [1.807, 2.05) is 6.92 Å². The normalized spacial score (nSPS) is 25.3. The molecule has 2 aliphatic carbocycles. The van der Waals surface area contributed by atoms with Crippen LogP contribution in [0.1, 0.15) is 76.9 Å². The Kier molecular flexibility index (Phi) is 4.06. The van der Waals surface area contributed by atoms with Crippen LogP contribution in [0.2, 0.25) is 0 Å². The Morgan fingerprint density at radius 3 is 2.62 bits per heavy atom. The van der Waals surface area contributed by atoms with Gasteiger partial charge in [0, 0.05) is 5.41 Å². The smallest absolute Gasteiger partial charge is 0.232 e. The van der Waals surface area contributed by atoms with Gasteiger partial charge in [0.2, 0.25) is 5.89 Å². The first-order valence-electron chi connectivity index (χ1n) is 8.25. The lowest BCUT2D eigenvalue weighted by Crippen LogP contribution is -2.41. The van der Waals surface area contributed by atoms with Crippen molar-refractivity contribution in [3.05, 3.63) is 11.7 Å². The fourth-order valence-corrected chi connectivity index (χ4v) is 3.14. The van der Waals surface area contributed by atoms with Crippen LogP contribution in [0.5, 0.6) is 0 Å². The van der Waals surface area contributed by atoms with Crippen LogP contribution in [0.15, 0.2) is 4.52 Å². The molecule has 0 spiro atoms. The van der Waals surface area contributed by atoms with Gasteiger partial charge in [-0.3, -0.25) is 0 Å². The van der Waals surface area contributed by atoms with Crippen molar-refractivity contribution in [3.8, 4) is 0 Å². The molecule has 1 heterocycles. The van der Waals surface area contributed by atoms with E-state index < -0.39 is 5.54 Å². The van der Waals surface area contributed by atoms with Gasteiger partial charge in [0.1, 0.15) is 5.54 Å². The summed E-state index contributed by atoms with van der Waals surface area (Å²) in [7, 11) is 0. The third-order valence-electron chi connectivity index (χ3n) is 5.08. The predicted molar refractivity (Wildman–Crippen MR) is 79.9 cm³/mol. The van der Waals surface area contributed by atoms with Gasteiger partial charge in [-0.25, -0.2) is 0 Å². The summed E-state index contributed by atoms with van der Waals surface area (Å²) in [4.78, 5) is 4.62. The SMILES string of the molecule is CC(N)(COC1CCC1)c1noc(C2(C)CCCCC2)n1. The van der Waals surface area contributed by atoms with Crippen LogP contribution in [-0.4, -0.2) is 22.9 Å². The maximum absolute atomic E-state index is 6.34. The van der Waals surface area contributed by atoms with Gasteiger partial charge in [-0.05, 0) is 39.0 Å². The number of nitrogens with two attached hydrogens (primary N) is 1. The summed E-state index contributed by atoms with van der Waals surface area (Å²) in [5.41, 5.74) is 5.69. The third kappa shape index (κ3) is 3.14. The van der Waals surface area contributed by atoms with E-state index in [4.69, 9.17) is 15.0 Å². The Hall–Kier alpha value is -0.940. The first-order chi connectivity index (χ1) is 10.00. The Bertz CT molecular complexity index is 474. The molecule has 5 heteroatoms. The highest BCUT2D eigenvalue weighted by Gasteiger charge is 2.37.